The highest BCUT2D eigenvalue weighted by atomic mass is 32.1. The van der Waals surface area contributed by atoms with Crippen LogP contribution in [0, 0.1) is 19.8 Å². The topological polar surface area (TPSA) is 58.2 Å². The molecule has 0 spiro atoms. The number of aryl methyl sites for hydroxylation is 3. The van der Waals surface area contributed by atoms with Gasteiger partial charge in [-0.05, 0) is 102 Å². The van der Waals surface area contributed by atoms with Gasteiger partial charge in [-0.25, -0.2) is 0 Å². The molecule has 1 fully saturated rings. The van der Waals surface area contributed by atoms with Crippen molar-refractivity contribution < 1.29 is 9.59 Å². The third kappa shape index (κ3) is 12.3. The Hall–Kier alpha value is -2.66. The van der Waals surface area contributed by atoms with Crippen LogP contribution < -0.4 is 10.6 Å². The molecule has 0 atom stereocenters. The maximum absolute atomic E-state index is 12.2. The van der Waals surface area contributed by atoms with E-state index in [4.69, 9.17) is 0 Å². The smallest absolute Gasteiger partial charge is 0.252 e. The Labute approximate surface area is 236 Å². The van der Waals surface area contributed by atoms with E-state index in [-0.39, 0.29) is 5.91 Å². The highest BCUT2D eigenvalue weighted by Gasteiger charge is 2.26. The molecule has 38 heavy (non-hydrogen) atoms. The van der Waals surface area contributed by atoms with Crippen LogP contribution in [0.3, 0.4) is 0 Å². The fraction of sp³-hybridized carbons (Fsp3) is 0.515. The molecular weight excluding hydrogens is 488 g/mol. The van der Waals surface area contributed by atoms with Crippen LogP contribution in [0.5, 0.6) is 0 Å². The van der Waals surface area contributed by atoms with Crippen molar-refractivity contribution in [1.82, 2.24) is 5.32 Å². The summed E-state index contributed by atoms with van der Waals surface area (Å²) in [7, 11) is 0. The predicted octanol–water partition coefficient (Wildman–Crippen LogP) is 8.97. The van der Waals surface area contributed by atoms with Crippen LogP contribution in [0.15, 0.2) is 48.2 Å². The fourth-order valence-corrected chi connectivity index (χ4v) is 5.23. The third-order valence-corrected chi connectivity index (χ3v) is 7.45. The normalized spacial score (nSPS) is 14.0. The van der Waals surface area contributed by atoms with E-state index in [1.807, 2.05) is 63.3 Å². The molecule has 4 nitrogen and oxygen atoms in total. The van der Waals surface area contributed by atoms with Gasteiger partial charge in [0.1, 0.15) is 6.29 Å². The van der Waals surface area contributed by atoms with E-state index in [1.165, 1.54) is 58.7 Å². The van der Waals surface area contributed by atoms with E-state index in [9.17, 15) is 9.59 Å². The number of para-hydroxylation sites is 1. The Morgan fingerprint density at radius 2 is 1.79 bits per heavy atom. The Morgan fingerprint density at radius 1 is 1.11 bits per heavy atom. The molecule has 1 aromatic heterocycles. The maximum atomic E-state index is 12.2. The van der Waals surface area contributed by atoms with E-state index >= 15 is 0 Å². The second kappa shape index (κ2) is 19.4. The van der Waals surface area contributed by atoms with Gasteiger partial charge in [0.05, 0.1) is 5.56 Å². The molecule has 0 radical (unpaired) electrons. The standard InChI is InChI=1S/C14H19NOS.C13H17N.C4H8O.C2H6/c1-9-13(14(16)15-8-10-6-7-10)11-4-2-3-5-12(11)17-9;1-4-5-9-12(3)14-13-10-7-6-8-11(13)2;1-2-3-4-5;1-2/h10H,2-8H2,1H3,(H,15,16);4-10,14H,1-3H3;4H,2-3H2,1H3;1-2H3/b;5-4-,12-9+;;. The number of fused-ring (bicyclic) bond motifs is 1. The van der Waals surface area contributed by atoms with Gasteiger partial charge in [-0.1, -0.05) is 51.1 Å². The molecule has 1 aromatic carbocycles. The lowest BCUT2D eigenvalue weighted by Crippen LogP contribution is -2.27. The summed E-state index contributed by atoms with van der Waals surface area (Å²) in [6.07, 6.45) is 16.1. The van der Waals surface area contributed by atoms with Crippen LogP contribution in [-0.4, -0.2) is 18.7 Å². The van der Waals surface area contributed by atoms with Crippen molar-refractivity contribution in [3.63, 3.8) is 0 Å². The number of allylic oxidation sites excluding steroid dienone is 4. The minimum atomic E-state index is 0.175. The number of amides is 1. The van der Waals surface area contributed by atoms with E-state index in [0.29, 0.717) is 6.42 Å². The number of carbonyl (C=O) groups excluding carboxylic acids is 2. The minimum absolute atomic E-state index is 0.175. The summed E-state index contributed by atoms with van der Waals surface area (Å²) in [6.45, 7) is 15.1. The van der Waals surface area contributed by atoms with E-state index in [1.54, 1.807) is 0 Å². The first-order valence-corrected chi connectivity index (χ1v) is 15.2. The molecule has 1 amide bonds. The average molecular weight is 539 g/mol. The van der Waals surface area contributed by atoms with E-state index in [2.05, 4.69) is 49.6 Å². The molecule has 0 bridgehead atoms. The summed E-state index contributed by atoms with van der Waals surface area (Å²) in [5.41, 5.74) is 5.95. The molecule has 0 unspecified atom stereocenters. The molecule has 2 aliphatic carbocycles. The first-order chi connectivity index (χ1) is 18.4. The number of nitrogens with one attached hydrogen (secondary N) is 2. The van der Waals surface area contributed by atoms with Gasteiger partial charge in [-0.15, -0.1) is 11.3 Å². The summed E-state index contributed by atoms with van der Waals surface area (Å²) in [5, 5.41) is 6.46. The monoisotopic (exact) mass is 538 g/mol. The van der Waals surface area contributed by atoms with Gasteiger partial charge in [0.15, 0.2) is 0 Å². The van der Waals surface area contributed by atoms with Gasteiger partial charge >= 0.3 is 0 Å². The molecule has 5 heteroatoms. The van der Waals surface area contributed by atoms with Gasteiger partial charge in [-0.2, -0.15) is 0 Å². The van der Waals surface area contributed by atoms with Crippen molar-refractivity contribution in [2.24, 2.45) is 5.92 Å². The lowest BCUT2D eigenvalue weighted by Gasteiger charge is -2.12. The summed E-state index contributed by atoms with van der Waals surface area (Å²) in [4.78, 5) is 24.3. The zero-order chi connectivity index (χ0) is 28.3. The zero-order valence-corrected chi connectivity index (χ0v) is 25.6. The SMILES string of the molecule is C/C=C\C=C(/C)Nc1ccccc1C.CC.CCCC=O.Cc1sc2c(c1C(=O)NCC1CC1)CCCC2. The molecule has 4 rings (SSSR count). The van der Waals surface area contributed by atoms with Gasteiger partial charge < -0.3 is 15.4 Å². The largest absolute Gasteiger partial charge is 0.359 e. The lowest BCUT2D eigenvalue weighted by molar-refractivity contribution is -0.107. The molecule has 0 aliphatic heterocycles. The number of hydrogen-bond donors (Lipinski definition) is 2. The van der Waals surface area contributed by atoms with E-state index in [0.717, 1.165) is 42.9 Å². The van der Waals surface area contributed by atoms with Crippen molar-refractivity contribution in [2.45, 2.75) is 99.8 Å². The van der Waals surface area contributed by atoms with Crippen LogP contribution in [0.1, 0.15) is 104 Å². The fourth-order valence-electron chi connectivity index (χ4n) is 3.97. The van der Waals surface area contributed by atoms with Crippen molar-refractivity contribution in [2.75, 3.05) is 11.9 Å². The van der Waals surface area contributed by atoms with Gasteiger partial charge in [-0.3, -0.25) is 4.79 Å². The summed E-state index contributed by atoms with van der Waals surface area (Å²) >= 11 is 1.83. The molecule has 1 saturated carbocycles. The Balaban J connectivity index is 0.000000311. The third-order valence-electron chi connectivity index (χ3n) is 6.24. The van der Waals surface area contributed by atoms with Crippen LogP contribution in [0.2, 0.25) is 0 Å². The van der Waals surface area contributed by atoms with Crippen molar-refractivity contribution in [1.29, 1.82) is 0 Å². The van der Waals surface area contributed by atoms with Gasteiger partial charge in [0.25, 0.3) is 5.91 Å². The van der Waals surface area contributed by atoms with Crippen LogP contribution in [-0.2, 0) is 17.6 Å². The zero-order valence-electron chi connectivity index (χ0n) is 24.8. The molecule has 2 aromatic rings. The maximum Gasteiger partial charge on any atom is 0.252 e. The highest BCUT2D eigenvalue weighted by molar-refractivity contribution is 7.12. The van der Waals surface area contributed by atoms with E-state index < -0.39 is 0 Å². The lowest BCUT2D eigenvalue weighted by atomic mass is 9.94. The van der Waals surface area contributed by atoms with Crippen LogP contribution in [0.4, 0.5) is 5.69 Å². The number of anilines is 1. The molecule has 0 saturated heterocycles. The number of hydrogen-bond acceptors (Lipinski definition) is 4. The second-order valence-corrected chi connectivity index (χ2v) is 10.9. The summed E-state index contributed by atoms with van der Waals surface area (Å²) in [5.74, 6) is 0.933. The average Bonchev–Trinajstić information content (AvgIpc) is 3.70. The van der Waals surface area contributed by atoms with Crippen molar-refractivity contribution >= 4 is 29.2 Å². The Bertz CT molecular complexity index is 1030. The molecule has 2 aliphatic rings. The van der Waals surface area contributed by atoms with Gasteiger partial charge in [0, 0.05) is 34.1 Å². The first kappa shape index (κ1) is 33.4. The number of rotatable bonds is 8. The highest BCUT2D eigenvalue weighted by Crippen LogP contribution is 2.34. The number of thiophene rings is 1. The van der Waals surface area contributed by atoms with Crippen molar-refractivity contribution in [3.05, 3.63) is 74.6 Å². The van der Waals surface area contributed by atoms with Gasteiger partial charge in [0.2, 0.25) is 0 Å². The Morgan fingerprint density at radius 3 is 2.37 bits per heavy atom. The molecule has 1 heterocycles. The van der Waals surface area contributed by atoms with Crippen LogP contribution >= 0.6 is 11.3 Å². The van der Waals surface area contributed by atoms with Crippen LogP contribution in [0.25, 0.3) is 0 Å². The quantitative estimate of drug-likeness (QED) is 0.260. The molecule has 210 valence electrons. The second-order valence-electron chi connectivity index (χ2n) is 9.57. The predicted molar refractivity (Wildman–Crippen MR) is 166 cm³/mol. The number of unbranched alkanes of at least 4 members (excludes halogenated alkanes) is 1. The Kier molecular flexibility index (Phi) is 17.0. The first-order valence-electron chi connectivity index (χ1n) is 14.4. The summed E-state index contributed by atoms with van der Waals surface area (Å²) < 4.78 is 0. The molecular formula is C33H50N2O2S. The minimum Gasteiger partial charge on any atom is -0.359 e. The summed E-state index contributed by atoms with van der Waals surface area (Å²) in [6, 6.07) is 8.28. The number of benzene rings is 1. The van der Waals surface area contributed by atoms with Crippen molar-refractivity contribution in [3.8, 4) is 0 Å². The molecule has 2 N–H and O–H groups in total. The number of carbonyl (C=O) groups is 2. The number of aldehydes is 1.